The third-order valence-electron chi connectivity index (χ3n) is 5.39. The molecule has 3 aromatic carbocycles. The van der Waals surface area contributed by atoms with Crippen LogP contribution in [0, 0.1) is 28.7 Å². The van der Waals surface area contributed by atoms with Crippen LogP contribution in [0.1, 0.15) is 33.1 Å². The molecule has 1 aliphatic heterocycles. The first kappa shape index (κ1) is 21.1. The predicted molar refractivity (Wildman–Crippen MR) is 112 cm³/mol. The Hall–Kier alpha value is -4.14. The highest BCUT2D eigenvalue weighted by molar-refractivity contribution is 6.02. The van der Waals surface area contributed by atoms with Gasteiger partial charge in [0.25, 0.3) is 11.6 Å². The molecule has 0 fully saturated rings. The van der Waals surface area contributed by atoms with Crippen molar-refractivity contribution < 1.29 is 23.3 Å². The summed E-state index contributed by atoms with van der Waals surface area (Å²) in [5.41, 5.74) is 1.02. The fourth-order valence-corrected chi connectivity index (χ4v) is 3.88. The number of hydrogen-bond acceptors (Lipinski definition) is 4. The molecule has 0 bridgehead atoms. The molecular formula is C23H17F2N3O4. The number of anilines is 1. The molecule has 1 N–H and O–H groups in total. The van der Waals surface area contributed by atoms with Gasteiger partial charge in [0, 0.05) is 28.4 Å². The van der Waals surface area contributed by atoms with Gasteiger partial charge >= 0.3 is 0 Å². The zero-order chi connectivity index (χ0) is 23.0. The van der Waals surface area contributed by atoms with E-state index in [1.54, 1.807) is 0 Å². The summed E-state index contributed by atoms with van der Waals surface area (Å²) in [5.74, 6) is -2.24. The second-order valence-corrected chi connectivity index (χ2v) is 7.37. The van der Waals surface area contributed by atoms with E-state index in [-0.39, 0.29) is 23.4 Å². The Kier molecular flexibility index (Phi) is 5.40. The SMILES string of the molecule is Cc1c(C(=O)N2CC(=O)Nc3ccc(F)cc3[C@H]2c2ccc(F)cc2)cccc1[N+](=O)[O-]. The van der Waals surface area contributed by atoms with Crippen LogP contribution >= 0.6 is 0 Å². The molecule has 0 saturated carbocycles. The number of nitrogens with zero attached hydrogens (tertiary/aromatic N) is 2. The van der Waals surface area contributed by atoms with Crippen LogP contribution in [-0.2, 0) is 4.79 Å². The highest BCUT2D eigenvalue weighted by atomic mass is 19.1. The average Bonchev–Trinajstić information content (AvgIpc) is 2.89. The van der Waals surface area contributed by atoms with Crippen molar-refractivity contribution in [2.24, 2.45) is 0 Å². The van der Waals surface area contributed by atoms with Gasteiger partial charge in [-0.15, -0.1) is 0 Å². The van der Waals surface area contributed by atoms with E-state index in [9.17, 15) is 28.5 Å². The van der Waals surface area contributed by atoms with E-state index in [4.69, 9.17) is 0 Å². The average molecular weight is 437 g/mol. The molecular weight excluding hydrogens is 420 g/mol. The predicted octanol–water partition coefficient (Wildman–Crippen LogP) is 4.37. The second kappa shape index (κ2) is 8.18. The molecule has 2 amide bonds. The number of hydrogen-bond donors (Lipinski definition) is 1. The Morgan fingerprint density at radius 1 is 1.09 bits per heavy atom. The Labute approximate surface area is 181 Å². The van der Waals surface area contributed by atoms with E-state index in [1.807, 2.05) is 0 Å². The number of nitro groups is 1. The Balaban J connectivity index is 1.91. The number of benzene rings is 3. The maximum absolute atomic E-state index is 14.2. The van der Waals surface area contributed by atoms with Gasteiger partial charge in [0.05, 0.1) is 11.0 Å². The van der Waals surface area contributed by atoms with Gasteiger partial charge in [-0.25, -0.2) is 8.78 Å². The number of carbonyl (C=O) groups is 2. The van der Waals surface area contributed by atoms with Crippen molar-refractivity contribution in [2.75, 3.05) is 11.9 Å². The molecule has 0 radical (unpaired) electrons. The summed E-state index contributed by atoms with van der Waals surface area (Å²) in [6.45, 7) is 1.06. The Morgan fingerprint density at radius 2 is 1.78 bits per heavy atom. The van der Waals surface area contributed by atoms with E-state index in [2.05, 4.69) is 5.32 Å². The van der Waals surface area contributed by atoms with Gasteiger partial charge in [-0.05, 0) is 48.9 Å². The van der Waals surface area contributed by atoms with E-state index in [1.165, 1.54) is 72.5 Å². The van der Waals surface area contributed by atoms with Gasteiger partial charge in [-0.2, -0.15) is 0 Å². The lowest BCUT2D eigenvalue weighted by Crippen LogP contribution is -2.39. The number of nitro benzene ring substituents is 1. The fraction of sp³-hybridized carbons (Fsp3) is 0.130. The molecule has 1 heterocycles. The summed E-state index contributed by atoms with van der Waals surface area (Å²) >= 11 is 0. The Bertz CT molecular complexity index is 1240. The minimum Gasteiger partial charge on any atom is -0.324 e. The van der Waals surface area contributed by atoms with Crippen molar-refractivity contribution in [2.45, 2.75) is 13.0 Å². The van der Waals surface area contributed by atoms with Crippen molar-refractivity contribution >= 4 is 23.2 Å². The minimum atomic E-state index is -0.939. The molecule has 0 unspecified atom stereocenters. The van der Waals surface area contributed by atoms with Crippen LogP contribution < -0.4 is 5.32 Å². The summed E-state index contributed by atoms with van der Waals surface area (Å²) in [6, 6.07) is 12.2. The summed E-state index contributed by atoms with van der Waals surface area (Å²) in [7, 11) is 0. The quantitative estimate of drug-likeness (QED) is 0.487. The number of nitrogens with one attached hydrogen (secondary N) is 1. The van der Waals surface area contributed by atoms with Crippen molar-refractivity contribution in [3.63, 3.8) is 0 Å². The standard InChI is InChI=1S/C23H17F2N3O4/c1-13-17(3-2-4-20(13)28(31)32)23(30)27-12-21(29)26-19-10-9-16(25)11-18(19)22(27)14-5-7-15(24)8-6-14/h2-11,22H,12H2,1H3,(H,26,29)/t22-/m1/s1. The molecule has 1 aliphatic rings. The monoisotopic (exact) mass is 437 g/mol. The summed E-state index contributed by atoms with van der Waals surface area (Å²) in [5, 5.41) is 14.0. The molecule has 1 atom stereocenters. The van der Waals surface area contributed by atoms with E-state index >= 15 is 0 Å². The van der Waals surface area contributed by atoms with E-state index in [0.717, 1.165) is 0 Å². The van der Waals surface area contributed by atoms with Crippen LogP contribution in [0.25, 0.3) is 0 Å². The zero-order valence-corrected chi connectivity index (χ0v) is 16.8. The molecule has 0 aliphatic carbocycles. The van der Waals surface area contributed by atoms with Crippen LogP contribution in [0.5, 0.6) is 0 Å². The van der Waals surface area contributed by atoms with Crippen LogP contribution in [-0.4, -0.2) is 28.2 Å². The lowest BCUT2D eigenvalue weighted by Gasteiger charge is -2.31. The van der Waals surface area contributed by atoms with Crippen molar-refractivity contribution in [3.05, 3.63) is 105 Å². The van der Waals surface area contributed by atoms with Gasteiger partial charge in [-0.3, -0.25) is 19.7 Å². The zero-order valence-electron chi connectivity index (χ0n) is 16.8. The number of carbonyl (C=O) groups excluding carboxylic acids is 2. The normalized spacial score (nSPS) is 15.5. The molecule has 162 valence electrons. The lowest BCUT2D eigenvalue weighted by atomic mass is 9.94. The van der Waals surface area contributed by atoms with E-state index in [0.29, 0.717) is 16.8 Å². The number of fused-ring (bicyclic) bond motifs is 1. The van der Waals surface area contributed by atoms with Crippen molar-refractivity contribution in [3.8, 4) is 0 Å². The van der Waals surface area contributed by atoms with Gasteiger partial charge in [0.15, 0.2) is 0 Å². The number of halogens is 2. The highest BCUT2D eigenvalue weighted by Crippen LogP contribution is 2.37. The molecule has 0 saturated heterocycles. The Morgan fingerprint density at radius 3 is 2.47 bits per heavy atom. The molecule has 4 rings (SSSR count). The van der Waals surface area contributed by atoms with Gasteiger partial charge in [0.1, 0.15) is 18.2 Å². The van der Waals surface area contributed by atoms with Crippen molar-refractivity contribution in [1.82, 2.24) is 4.90 Å². The van der Waals surface area contributed by atoms with Crippen LogP contribution in [0.3, 0.4) is 0 Å². The van der Waals surface area contributed by atoms with Crippen LogP contribution in [0.4, 0.5) is 20.2 Å². The number of amides is 2. The third kappa shape index (κ3) is 3.80. The summed E-state index contributed by atoms with van der Waals surface area (Å²) < 4.78 is 27.8. The lowest BCUT2D eigenvalue weighted by molar-refractivity contribution is -0.385. The first-order valence-electron chi connectivity index (χ1n) is 9.66. The topological polar surface area (TPSA) is 92.6 Å². The first-order valence-corrected chi connectivity index (χ1v) is 9.66. The molecule has 0 spiro atoms. The summed E-state index contributed by atoms with van der Waals surface area (Å²) in [4.78, 5) is 38.1. The molecule has 9 heteroatoms. The molecule has 32 heavy (non-hydrogen) atoms. The van der Waals surface area contributed by atoms with Crippen molar-refractivity contribution in [1.29, 1.82) is 0 Å². The molecule has 0 aromatic heterocycles. The maximum Gasteiger partial charge on any atom is 0.273 e. The van der Waals surface area contributed by atoms with E-state index < -0.39 is 34.4 Å². The number of rotatable bonds is 3. The highest BCUT2D eigenvalue weighted by Gasteiger charge is 2.35. The molecule has 3 aromatic rings. The fourth-order valence-electron chi connectivity index (χ4n) is 3.88. The smallest absolute Gasteiger partial charge is 0.273 e. The third-order valence-corrected chi connectivity index (χ3v) is 5.39. The van der Waals surface area contributed by atoms with Gasteiger partial charge in [-0.1, -0.05) is 18.2 Å². The second-order valence-electron chi connectivity index (χ2n) is 7.37. The van der Waals surface area contributed by atoms with Crippen LogP contribution in [0.2, 0.25) is 0 Å². The largest absolute Gasteiger partial charge is 0.324 e. The van der Waals surface area contributed by atoms with Crippen LogP contribution in [0.15, 0.2) is 60.7 Å². The molecule has 7 nitrogen and oxygen atoms in total. The van der Waals surface area contributed by atoms with Gasteiger partial charge < -0.3 is 10.2 Å². The minimum absolute atomic E-state index is 0.0407. The maximum atomic E-state index is 14.2. The van der Waals surface area contributed by atoms with Gasteiger partial charge in [0.2, 0.25) is 5.91 Å². The summed E-state index contributed by atoms with van der Waals surface area (Å²) in [6.07, 6.45) is 0. The first-order chi connectivity index (χ1) is 15.3.